The van der Waals surface area contributed by atoms with Gasteiger partial charge in [0.25, 0.3) is 0 Å². The number of rotatable bonds is 7. The van der Waals surface area contributed by atoms with Gasteiger partial charge in [-0.3, -0.25) is 9.89 Å². The summed E-state index contributed by atoms with van der Waals surface area (Å²) in [6, 6.07) is 8.58. The number of aliphatic imine (C=N–C) groups is 1. The summed E-state index contributed by atoms with van der Waals surface area (Å²) in [5, 5.41) is 0. The molecule has 136 valence electrons. The van der Waals surface area contributed by atoms with Crippen molar-refractivity contribution in [2.24, 2.45) is 10.7 Å². The molecule has 1 unspecified atom stereocenters. The average molecular weight is 446 g/mol. The van der Waals surface area contributed by atoms with Gasteiger partial charge in [0.15, 0.2) is 5.96 Å². The molecule has 1 heterocycles. The summed E-state index contributed by atoms with van der Waals surface area (Å²) in [6.07, 6.45) is 2.52. The molecule has 0 spiro atoms. The maximum absolute atomic E-state index is 6.15. The number of guanidine groups is 1. The van der Waals surface area contributed by atoms with Crippen molar-refractivity contribution in [1.82, 2.24) is 9.80 Å². The molecule has 1 aromatic carbocycles. The van der Waals surface area contributed by atoms with Crippen LogP contribution in [-0.4, -0.2) is 55.6 Å². The molecule has 0 aromatic heterocycles. The first-order chi connectivity index (χ1) is 11.2. The Kier molecular flexibility index (Phi) is 9.43. The second kappa shape index (κ2) is 10.8. The molecule has 1 fully saturated rings. The Hall–Kier alpha value is -1.02. The van der Waals surface area contributed by atoms with Gasteiger partial charge in [0, 0.05) is 13.1 Å². The lowest BCUT2D eigenvalue weighted by Gasteiger charge is -2.28. The van der Waals surface area contributed by atoms with E-state index in [2.05, 4.69) is 46.8 Å². The number of ether oxygens (including phenoxy) is 1. The fourth-order valence-electron chi connectivity index (χ4n) is 3.16. The van der Waals surface area contributed by atoms with Gasteiger partial charge in [-0.25, -0.2) is 0 Å². The molecule has 0 saturated carbocycles. The van der Waals surface area contributed by atoms with Crippen molar-refractivity contribution in [3.63, 3.8) is 0 Å². The lowest BCUT2D eigenvalue weighted by Crippen LogP contribution is -2.38. The highest BCUT2D eigenvalue weighted by atomic mass is 127. The summed E-state index contributed by atoms with van der Waals surface area (Å²) in [7, 11) is 1.71. The highest BCUT2D eigenvalue weighted by Gasteiger charge is 2.23. The van der Waals surface area contributed by atoms with Crippen LogP contribution in [0.15, 0.2) is 29.3 Å². The van der Waals surface area contributed by atoms with E-state index in [1.807, 2.05) is 6.07 Å². The van der Waals surface area contributed by atoms with Crippen LogP contribution in [0.25, 0.3) is 0 Å². The Labute approximate surface area is 163 Å². The SMILES string of the molecule is CCN(CC)C(N)=NCC(c1cccc(OC)c1)N1CCCC1.I. The quantitative estimate of drug-likeness (QED) is 0.398. The van der Waals surface area contributed by atoms with E-state index in [1.54, 1.807) is 7.11 Å². The zero-order chi connectivity index (χ0) is 16.7. The van der Waals surface area contributed by atoms with Crippen molar-refractivity contribution in [3.05, 3.63) is 29.8 Å². The molecule has 2 N–H and O–H groups in total. The molecule has 1 saturated heterocycles. The first kappa shape index (κ1) is 21.0. The number of nitrogens with two attached hydrogens (primary N) is 1. The normalized spacial score (nSPS) is 16.5. The number of likely N-dealkylation sites (tertiary alicyclic amines) is 1. The van der Waals surface area contributed by atoms with Gasteiger partial charge < -0.3 is 15.4 Å². The van der Waals surface area contributed by atoms with Crippen molar-refractivity contribution in [2.75, 3.05) is 39.8 Å². The molecule has 1 atom stereocenters. The first-order valence-corrected chi connectivity index (χ1v) is 8.62. The first-order valence-electron chi connectivity index (χ1n) is 8.62. The largest absolute Gasteiger partial charge is 0.497 e. The van der Waals surface area contributed by atoms with Crippen LogP contribution in [0, 0.1) is 0 Å². The van der Waals surface area contributed by atoms with Crippen LogP contribution < -0.4 is 10.5 Å². The van der Waals surface area contributed by atoms with E-state index in [4.69, 9.17) is 10.5 Å². The smallest absolute Gasteiger partial charge is 0.191 e. The van der Waals surface area contributed by atoms with Crippen molar-refractivity contribution in [2.45, 2.75) is 32.7 Å². The van der Waals surface area contributed by atoms with Crippen LogP contribution in [0.2, 0.25) is 0 Å². The van der Waals surface area contributed by atoms with Gasteiger partial charge in [-0.05, 0) is 57.5 Å². The van der Waals surface area contributed by atoms with Gasteiger partial charge in [-0.2, -0.15) is 0 Å². The van der Waals surface area contributed by atoms with Crippen molar-refractivity contribution in [1.29, 1.82) is 0 Å². The van der Waals surface area contributed by atoms with Crippen LogP contribution in [0.3, 0.4) is 0 Å². The number of hydrogen-bond acceptors (Lipinski definition) is 3. The van der Waals surface area contributed by atoms with E-state index in [0.29, 0.717) is 12.5 Å². The summed E-state index contributed by atoms with van der Waals surface area (Å²) in [6.45, 7) is 8.93. The molecular formula is C18H31IN4O. The Morgan fingerprint density at radius 3 is 2.54 bits per heavy atom. The number of methoxy groups -OCH3 is 1. The number of nitrogens with zero attached hydrogens (tertiary/aromatic N) is 3. The Morgan fingerprint density at radius 2 is 1.96 bits per heavy atom. The van der Waals surface area contributed by atoms with Gasteiger partial charge in [0.05, 0.1) is 19.7 Å². The Bertz CT molecular complexity index is 513. The second-order valence-corrected chi connectivity index (χ2v) is 5.91. The van der Waals surface area contributed by atoms with Crippen LogP contribution in [0.1, 0.15) is 38.3 Å². The van der Waals surface area contributed by atoms with Crippen LogP contribution in [-0.2, 0) is 0 Å². The second-order valence-electron chi connectivity index (χ2n) is 5.91. The minimum Gasteiger partial charge on any atom is -0.497 e. The van der Waals surface area contributed by atoms with E-state index in [9.17, 15) is 0 Å². The summed E-state index contributed by atoms with van der Waals surface area (Å²) in [4.78, 5) is 9.28. The lowest BCUT2D eigenvalue weighted by molar-refractivity contribution is 0.250. The fraction of sp³-hybridized carbons (Fsp3) is 0.611. The van der Waals surface area contributed by atoms with E-state index < -0.39 is 0 Å². The van der Waals surface area contributed by atoms with Crippen molar-refractivity contribution >= 4 is 29.9 Å². The summed E-state index contributed by atoms with van der Waals surface area (Å²) in [5.74, 6) is 1.54. The van der Waals surface area contributed by atoms with Gasteiger partial charge in [-0.15, -0.1) is 24.0 Å². The predicted octanol–water partition coefficient (Wildman–Crippen LogP) is 3.11. The predicted molar refractivity (Wildman–Crippen MR) is 111 cm³/mol. The van der Waals surface area contributed by atoms with Gasteiger partial charge >= 0.3 is 0 Å². The van der Waals surface area contributed by atoms with Crippen molar-refractivity contribution in [3.8, 4) is 5.75 Å². The van der Waals surface area contributed by atoms with E-state index in [-0.39, 0.29) is 30.0 Å². The summed E-state index contributed by atoms with van der Waals surface area (Å²) in [5.41, 5.74) is 7.40. The molecular weight excluding hydrogens is 415 g/mol. The zero-order valence-corrected chi connectivity index (χ0v) is 17.4. The minimum absolute atomic E-state index is 0. The summed E-state index contributed by atoms with van der Waals surface area (Å²) < 4.78 is 5.38. The van der Waals surface area contributed by atoms with Crippen molar-refractivity contribution < 1.29 is 4.74 Å². The molecule has 1 aliphatic heterocycles. The fourth-order valence-corrected chi connectivity index (χ4v) is 3.16. The van der Waals surface area contributed by atoms with Crippen LogP contribution >= 0.6 is 24.0 Å². The number of halogens is 1. The molecule has 24 heavy (non-hydrogen) atoms. The molecule has 0 aliphatic carbocycles. The molecule has 2 rings (SSSR count). The third-order valence-electron chi connectivity index (χ3n) is 4.57. The molecule has 5 nitrogen and oxygen atoms in total. The zero-order valence-electron chi connectivity index (χ0n) is 15.1. The average Bonchev–Trinajstić information content (AvgIpc) is 3.10. The minimum atomic E-state index is 0. The molecule has 6 heteroatoms. The van der Waals surface area contributed by atoms with Crippen LogP contribution in [0.5, 0.6) is 5.75 Å². The molecule has 0 amide bonds. The highest BCUT2D eigenvalue weighted by molar-refractivity contribution is 14.0. The van der Waals surface area contributed by atoms with Crippen LogP contribution in [0.4, 0.5) is 0 Å². The summed E-state index contributed by atoms with van der Waals surface area (Å²) >= 11 is 0. The Balaban J connectivity index is 0.00000288. The third-order valence-corrected chi connectivity index (χ3v) is 4.57. The van der Waals surface area contributed by atoms with Gasteiger partial charge in [-0.1, -0.05) is 12.1 Å². The third kappa shape index (κ3) is 5.51. The maximum atomic E-state index is 6.15. The molecule has 0 bridgehead atoms. The standard InChI is InChI=1S/C18H30N4O.HI/c1-4-21(5-2)18(19)20-14-17(22-11-6-7-12-22)15-9-8-10-16(13-15)23-3;/h8-10,13,17H,4-7,11-12,14H2,1-3H3,(H2,19,20);1H. The molecule has 0 radical (unpaired) electrons. The lowest BCUT2D eigenvalue weighted by atomic mass is 10.1. The molecule has 1 aliphatic rings. The Morgan fingerprint density at radius 1 is 1.29 bits per heavy atom. The van der Waals surface area contributed by atoms with Gasteiger partial charge in [0.2, 0.25) is 0 Å². The van der Waals surface area contributed by atoms with Gasteiger partial charge in [0.1, 0.15) is 5.75 Å². The highest BCUT2D eigenvalue weighted by Crippen LogP contribution is 2.27. The monoisotopic (exact) mass is 446 g/mol. The number of hydrogen-bond donors (Lipinski definition) is 1. The number of benzene rings is 1. The topological polar surface area (TPSA) is 54.1 Å². The van der Waals surface area contributed by atoms with E-state index in [1.165, 1.54) is 18.4 Å². The van der Waals surface area contributed by atoms with E-state index in [0.717, 1.165) is 31.9 Å². The maximum Gasteiger partial charge on any atom is 0.191 e. The molecule has 1 aromatic rings. The van der Waals surface area contributed by atoms with E-state index >= 15 is 0 Å².